The van der Waals surface area contributed by atoms with Crippen molar-refractivity contribution in [2.75, 3.05) is 0 Å². The molecule has 4 aliphatic rings. The molecule has 0 aromatic heterocycles. The predicted molar refractivity (Wildman–Crippen MR) is 83.5 cm³/mol. The highest BCUT2D eigenvalue weighted by atomic mass is 16.3. The number of ketones is 3. The summed E-state index contributed by atoms with van der Waals surface area (Å²) in [6, 6.07) is 0. The molecule has 4 nitrogen and oxygen atoms in total. The summed E-state index contributed by atoms with van der Waals surface area (Å²) in [6.07, 6.45) is 4.66. The lowest BCUT2D eigenvalue weighted by Crippen LogP contribution is -2.59. The van der Waals surface area contributed by atoms with Crippen molar-refractivity contribution in [2.45, 2.75) is 58.5 Å². The molecule has 0 aromatic rings. The first-order valence-electron chi connectivity index (χ1n) is 8.79. The van der Waals surface area contributed by atoms with Crippen molar-refractivity contribution >= 4 is 17.3 Å². The smallest absolute Gasteiger partial charge is 0.188 e. The van der Waals surface area contributed by atoms with E-state index in [-0.39, 0.29) is 40.2 Å². The first-order valence-corrected chi connectivity index (χ1v) is 8.79. The van der Waals surface area contributed by atoms with Crippen LogP contribution in [0.2, 0.25) is 0 Å². The summed E-state index contributed by atoms with van der Waals surface area (Å²) in [6.45, 7) is 4.12. The number of aliphatic hydroxyl groups excluding tert-OH is 1. The van der Waals surface area contributed by atoms with E-state index < -0.39 is 6.10 Å². The van der Waals surface area contributed by atoms with Crippen LogP contribution in [0.25, 0.3) is 0 Å². The number of Topliss-reactive ketones (excluding diaryl/α,β-unsaturated/α-hetero) is 2. The van der Waals surface area contributed by atoms with Crippen LogP contribution in [0.4, 0.5) is 0 Å². The average Bonchev–Trinajstić information content (AvgIpc) is 2.82. The molecule has 3 fully saturated rings. The number of carbonyl (C=O) groups excluding carboxylic acids is 3. The quantitative estimate of drug-likeness (QED) is 0.744. The molecule has 4 heteroatoms. The molecule has 0 spiro atoms. The third kappa shape index (κ3) is 1.79. The summed E-state index contributed by atoms with van der Waals surface area (Å²) in [5, 5.41) is 10.7. The molecule has 0 heterocycles. The van der Waals surface area contributed by atoms with Gasteiger partial charge in [0, 0.05) is 23.8 Å². The minimum absolute atomic E-state index is 0.00633. The second kappa shape index (κ2) is 4.62. The molecule has 6 atom stereocenters. The van der Waals surface area contributed by atoms with Crippen molar-refractivity contribution in [3.8, 4) is 0 Å². The Labute approximate surface area is 136 Å². The van der Waals surface area contributed by atoms with Crippen molar-refractivity contribution < 1.29 is 19.5 Å². The second-order valence-corrected chi connectivity index (χ2v) is 8.46. The van der Waals surface area contributed by atoms with Crippen LogP contribution in [0.3, 0.4) is 0 Å². The topological polar surface area (TPSA) is 71.4 Å². The number of aliphatic hydroxyl groups is 1. The van der Waals surface area contributed by atoms with Crippen molar-refractivity contribution in [2.24, 2.45) is 28.6 Å². The molecule has 4 aliphatic carbocycles. The van der Waals surface area contributed by atoms with Crippen LogP contribution in [0.1, 0.15) is 52.4 Å². The van der Waals surface area contributed by atoms with Gasteiger partial charge >= 0.3 is 0 Å². The lowest BCUT2D eigenvalue weighted by molar-refractivity contribution is -0.153. The summed E-state index contributed by atoms with van der Waals surface area (Å²) in [4.78, 5) is 37.0. The molecule has 0 bridgehead atoms. The zero-order valence-electron chi connectivity index (χ0n) is 13.8. The first kappa shape index (κ1) is 15.3. The first-order chi connectivity index (χ1) is 10.8. The van der Waals surface area contributed by atoms with Gasteiger partial charge in [-0.15, -0.1) is 0 Å². The molecule has 0 saturated heterocycles. The highest BCUT2D eigenvalue weighted by Gasteiger charge is 2.63. The Morgan fingerprint density at radius 2 is 1.70 bits per heavy atom. The number of fused-ring (bicyclic) bond motifs is 5. The molecule has 0 aliphatic heterocycles. The zero-order valence-corrected chi connectivity index (χ0v) is 13.8. The van der Waals surface area contributed by atoms with E-state index in [1.807, 2.05) is 6.92 Å². The van der Waals surface area contributed by atoms with Gasteiger partial charge in [0.15, 0.2) is 11.6 Å². The van der Waals surface area contributed by atoms with Gasteiger partial charge < -0.3 is 5.11 Å². The van der Waals surface area contributed by atoms with Gasteiger partial charge in [0.2, 0.25) is 0 Å². The Balaban J connectivity index is 1.81. The van der Waals surface area contributed by atoms with Crippen molar-refractivity contribution in [1.82, 2.24) is 0 Å². The van der Waals surface area contributed by atoms with Gasteiger partial charge in [-0.3, -0.25) is 14.4 Å². The summed E-state index contributed by atoms with van der Waals surface area (Å²) in [5.74, 6) is 0.176. The van der Waals surface area contributed by atoms with Gasteiger partial charge in [0.1, 0.15) is 11.9 Å². The number of hydrogen-bond acceptors (Lipinski definition) is 4. The minimum atomic E-state index is -1.05. The van der Waals surface area contributed by atoms with E-state index in [0.29, 0.717) is 30.6 Å². The van der Waals surface area contributed by atoms with Gasteiger partial charge in [-0.05, 0) is 54.9 Å². The molecule has 23 heavy (non-hydrogen) atoms. The Hall–Kier alpha value is -1.29. The molecular formula is C19H24O4. The Kier molecular flexibility index (Phi) is 3.07. The Bertz CT molecular complexity index is 648. The fourth-order valence-corrected chi connectivity index (χ4v) is 6.14. The summed E-state index contributed by atoms with van der Waals surface area (Å²) < 4.78 is 0. The maximum Gasteiger partial charge on any atom is 0.188 e. The van der Waals surface area contributed by atoms with E-state index >= 15 is 0 Å². The maximum atomic E-state index is 12.8. The molecule has 124 valence electrons. The highest BCUT2D eigenvalue weighted by molar-refractivity contribution is 6.08. The van der Waals surface area contributed by atoms with Crippen LogP contribution >= 0.6 is 0 Å². The van der Waals surface area contributed by atoms with Gasteiger partial charge in [-0.2, -0.15) is 0 Å². The highest BCUT2D eigenvalue weighted by Crippen LogP contribution is 2.63. The number of hydrogen-bond donors (Lipinski definition) is 1. The fourth-order valence-electron chi connectivity index (χ4n) is 6.14. The van der Waals surface area contributed by atoms with Crippen molar-refractivity contribution in [3.63, 3.8) is 0 Å². The predicted octanol–water partition coefficient (Wildman–Crippen LogP) is 2.24. The number of rotatable bonds is 0. The minimum Gasteiger partial charge on any atom is -0.385 e. The van der Waals surface area contributed by atoms with Gasteiger partial charge in [-0.1, -0.05) is 13.8 Å². The lowest BCUT2D eigenvalue weighted by atomic mass is 9.46. The zero-order chi connectivity index (χ0) is 16.6. The van der Waals surface area contributed by atoms with Crippen LogP contribution in [0.15, 0.2) is 11.6 Å². The normalized spacial score (nSPS) is 49.3. The molecule has 4 rings (SSSR count). The monoisotopic (exact) mass is 316 g/mol. The molecule has 0 amide bonds. The van der Waals surface area contributed by atoms with Crippen molar-refractivity contribution in [1.29, 1.82) is 0 Å². The maximum absolute atomic E-state index is 12.8. The van der Waals surface area contributed by atoms with Crippen molar-refractivity contribution in [3.05, 3.63) is 11.6 Å². The van der Waals surface area contributed by atoms with Crippen LogP contribution in [0.5, 0.6) is 0 Å². The van der Waals surface area contributed by atoms with Gasteiger partial charge in [0.25, 0.3) is 0 Å². The summed E-state index contributed by atoms with van der Waals surface area (Å²) >= 11 is 0. The largest absolute Gasteiger partial charge is 0.385 e. The van der Waals surface area contributed by atoms with E-state index in [9.17, 15) is 19.5 Å². The van der Waals surface area contributed by atoms with E-state index in [1.165, 1.54) is 6.08 Å². The second-order valence-electron chi connectivity index (χ2n) is 8.46. The number of carbonyl (C=O) groups is 3. The van der Waals surface area contributed by atoms with E-state index in [1.54, 1.807) is 0 Å². The Morgan fingerprint density at radius 3 is 2.43 bits per heavy atom. The molecule has 0 unspecified atom stereocenters. The molecule has 1 N–H and O–H groups in total. The molecule has 0 radical (unpaired) electrons. The van der Waals surface area contributed by atoms with Gasteiger partial charge in [-0.25, -0.2) is 0 Å². The SMILES string of the molecule is C[C@]12CCC(=O)C=C1C(=O)[C@H](O)[C@@H]1[C@@H]2CC[C@]2(C)C(=O)CC[C@@H]12. The third-order valence-corrected chi connectivity index (χ3v) is 7.57. The third-order valence-electron chi connectivity index (χ3n) is 7.57. The molecule has 3 saturated carbocycles. The Morgan fingerprint density at radius 1 is 1.00 bits per heavy atom. The summed E-state index contributed by atoms with van der Waals surface area (Å²) in [7, 11) is 0. The van der Waals surface area contributed by atoms with Gasteiger partial charge in [0.05, 0.1) is 0 Å². The van der Waals surface area contributed by atoms with Crippen LogP contribution in [-0.4, -0.2) is 28.6 Å². The fraction of sp³-hybridized carbons (Fsp3) is 0.737. The van der Waals surface area contributed by atoms with Crippen LogP contribution in [-0.2, 0) is 14.4 Å². The standard InChI is InChI=1S/C19H24O4/c1-18-7-5-10(20)9-13(18)16(22)17(23)15-11-3-4-14(21)19(11,2)8-6-12(15)18/h9,11-12,15,17,23H,3-8H2,1-2H3/t11-,12-,15-,17+,18+,19-/m0/s1. The molecule has 0 aromatic carbocycles. The molecular weight excluding hydrogens is 292 g/mol. The van der Waals surface area contributed by atoms with E-state index in [0.717, 1.165) is 19.3 Å². The van der Waals surface area contributed by atoms with E-state index in [2.05, 4.69) is 6.92 Å². The summed E-state index contributed by atoms with van der Waals surface area (Å²) in [5.41, 5.74) is -0.151. The van der Waals surface area contributed by atoms with Crippen LogP contribution < -0.4 is 0 Å². The van der Waals surface area contributed by atoms with Crippen LogP contribution in [0, 0.1) is 28.6 Å². The van der Waals surface area contributed by atoms with E-state index in [4.69, 9.17) is 0 Å². The lowest BCUT2D eigenvalue weighted by Gasteiger charge is -2.57. The average molecular weight is 316 g/mol.